The maximum absolute atomic E-state index is 12.2. The number of carbonyl (C=O) groups excluding carboxylic acids is 1. The van der Waals surface area contributed by atoms with Gasteiger partial charge in [0.05, 0.1) is 5.92 Å². The molecule has 0 aliphatic carbocycles. The van der Waals surface area contributed by atoms with Crippen LogP contribution in [-0.4, -0.2) is 12.5 Å². The summed E-state index contributed by atoms with van der Waals surface area (Å²) in [4.78, 5) is 12.2. The first kappa shape index (κ1) is 13.5. The molecule has 2 atom stereocenters. The molecule has 1 aliphatic rings. The summed E-state index contributed by atoms with van der Waals surface area (Å²) in [6.45, 7) is 0.607. The quantitative estimate of drug-likeness (QED) is 0.893. The second kappa shape index (κ2) is 5.47. The van der Waals surface area contributed by atoms with E-state index in [1.54, 1.807) is 0 Å². The zero-order valence-electron chi connectivity index (χ0n) is 10.6. The summed E-state index contributed by atoms with van der Waals surface area (Å²) in [6.07, 6.45) is 0. The molecular formula is C16H13Cl2NO. The van der Waals surface area contributed by atoms with E-state index in [4.69, 9.17) is 23.2 Å². The Kier molecular flexibility index (Phi) is 3.68. The van der Waals surface area contributed by atoms with Crippen LogP contribution in [0.15, 0.2) is 48.5 Å². The summed E-state index contributed by atoms with van der Waals surface area (Å²) in [5.41, 5.74) is 1.97. The predicted molar refractivity (Wildman–Crippen MR) is 81.4 cm³/mol. The molecule has 0 spiro atoms. The zero-order valence-corrected chi connectivity index (χ0v) is 12.2. The van der Waals surface area contributed by atoms with Crippen molar-refractivity contribution < 1.29 is 4.79 Å². The van der Waals surface area contributed by atoms with Crippen molar-refractivity contribution in [2.75, 3.05) is 6.54 Å². The zero-order chi connectivity index (χ0) is 14.1. The Labute approximate surface area is 127 Å². The molecule has 1 N–H and O–H groups in total. The van der Waals surface area contributed by atoms with Crippen molar-refractivity contribution in [2.24, 2.45) is 0 Å². The lowest BCUT2D eigenvalue weighted by Crippen LogP contribution is -2.18. The molecule has 0 unspecified atom stereocenters. The van der Waals surface area contributed by atoms with Crippen LogP contribution in [-0.2, 0) is 4.79 Å². The molecule has 20 heavy (non-hydrogen) atoms. The van der Waals surface area contributed by atoms with Crippen LogP contribution in [0.1, 0.15) is 23.0 Å². The minimum Gasteiger partial charge on any atom is -0.355 e. The summed E-state index contributed by atoms with van der Waals surface area (Å²) in [7, 11) is 0. The van der Waals surface area contributed by atoms with Gasteiger partial charge < -0.3 is 5.32 Å². The molecule has 0 saturated carbocycles. The van der Waals surface area contributed by atoms with Crippen LogP contribution in [0.2, 0.25) is 10.0 Å². The fraction of sp³-hybridized carbons (Fsp3) is 0.188. The van der Waals surface area contributed by atoms with Crippen LogP contribution >= 0.6 is 23.2 Å². The van der Waals surface area contributed by atoms with Gasteiger partial charge in [0.1, 0.15) is 0 Å². The Bertz CT molecular complexity index is 639. The number of hydrogen-bond acceptors (Lipinski definition) is 1. The highest BCUT2D eigenvalue weighted by molar-refractivity contribution is 6.31. The Morgan fingerprint density at radius 1 is 1.00 bits per heavy atom. The SMILES string of the molecule is O=C1NC[C@@H](c2ccccc2Cl)[C@@H]1c1ccc(Cl)cc1. The average Bonchev–Trinajstić information content (AvgIpc) is 2.82. The minimum absolute atomic E-state index is 0.0391. The van der Waals surface area contributed by atoms with E-state index in [-0.39, 0.29) is 17.7 Å². The maximum Gasteiger partial charge on any atom is 0.228 e. The van der Waals surface area contributed by atoms with Crippen molar-refractivity contribution in [3.8, 4) is 0 Å². The first-order valence-electron chi connectivity index (χ1n) is 6.44. The number of benzene rings is 2. The van der Waals surface area contributed by atoms with Crippen LogP contribution in [0.4, 0.5) is 0 Å². The summed E-state index contributed by atoms with van der Waals surface area (Å²) < 4.78 is 0. The van der Waals surface area contributed by atoms with Gasteiger partial charge in [0.15, 0.2) is 0 Å². The highest BCUT2D eigenvalue weighted by atomic mass is 35.5. The van der Waals surface area contributed by atoms with Gasteiger partial charge in [-0.3, -0.25) is 4.79 Å². The smallest absolute Gasteiger partial charge is 0.228 e. The van der Waals surface area contributed by atoms with Crippen LogP contribution < -0.4 is 5.32 Å². The molecule has 4 heteroatoms. The third-order valence-electron chi connectivity index (χ3n) is 3.71. The van der Waals surface area contributed by atoms with Crippen molar-refractivity contribution in [1.82, 2.24) is 5.32 Å². The van der Waals surface area contributed by atoms with Gasteiger partial charge in [-0.1, -0.05) is 53.5 Å². The van der Waals surface area contributed by atoms with Crippen molar-refractivity contribution in [2.45, 2.75) is 11.8 Å². The van der Waals surface area contributed by atoms with Crippen LogP contribution in [0.3, 0.4) is 0 Å². The van der Waals surface area contributed by atoms with Gasteiger partial charge in [-0.25, -0.2) is 0 Å². The summed E-state index contributed by atoms with van der Waals surface area (Å²) >= 11 is 12.2. The van der Waals surface area contributed by atoms with Crippen molar-refractivity contribution in [3.63, 3.8) is 0 Å². The predicted octanol–water partition coefficient (Wildman–Crippen LogP) is 3.99. The molecule has 1 saturated heterocycles. The summed E-state index contributed by atoms with van der Waals surface area (Å²) in [5, 5.41) is 4.30. The van der Waals surface area contributed by atoms with Gasteiger partial charge in [0.2, 0.25) is 5.91 Å². The highest BCUT2D eigenvalue weighted by Gasteiger charge is 2.37. The van der Waals surface area contributed by atoms with Crippen LogP contribution in [0.5, 0.6) is 0 Å². The lowest BCUT2D eigenvalue weighted by atomic mass is 9.84. The van der Waals surface area contributed by atoms with Crippen molar-refractivity contribution in [1.29, 1.82) is 0 Å². The highest BCUT2D eigenvalue weighted by Crippen LogP contribution is 2.39. The van der Waals surface area contributed by atoms with E-state index in [0.29, 0.717) is 16.6 Å². The number of carbonyl (C=O) groups is 1. The van der Waals surface area contributed by atoms with Gasteiger partial charge in [0, 0.05) is 22.5 Å². The molecule has 102 valence electrons. The van der Waals surface area contributed by atoms with E-state index in [2.05, 4.69) is 5.32 Å². The second-order valence-electron chi connectivity index (χ2n) is 4.90. The summed E-state index contributed by atoms with van der Waals surface area (Å²) in [5.74, 6) is -0.123. The molecule has 3 rings (SSSR count). The van der Waals surface area contributed by atoms with Crippen molar-refractivity contribution in [3.05, 3.63) is 69.7 Å². The molecule has 1 fully saturated rings. The maximum atomic E-state index is 12.2. The van der Waals surface area contributed by atoms with Gasteiger partial charge in [-0.05, 0) is 29.3 Å². The Morgan fingerprint density at radius 3 is 2.40 bits per heavy atom. The fourth-order valence-corrected chi connectivity index (χ4v) is 3.14. The van der Waals surface area contributed by atoms with E-state index in [1.165, 1.54) is 0 Å². The molecular weight excluding hydrogens is 293 g/mol. The Morgan fingerprint density at radius 2 is 1.70 bits per heavy atom. The molecule has 2 aromatic carbocycles. The molecule has 1 heterocycles. The summed E-state index contributed by atoms with van der Waals surface area (Å²) in [6, 6.07) is 15.1. The molecule has 2 aromatic rings. The molecule has 2 nitrogen and oxygen atoms in total. The largest absolute Gasteiger partial charge is 0.355 e. The normalized spacial score (nSPS) is 21.8. The Hall–Kier alpha value is -1.51. The lowest BCUT2D eigenvalue weighted by molar-refractivity contribution is -0.120. The van der Waals surface area contributed by atoms with Gasteiger partial charge in [-0.15, -0.1) is 0 Å². The molecule has 0 bridgehead atoms. The van der Waals surface area contributed by atoms with Gasteiger partial charge in [-0.2, -0.15) is 0 Å². The fourth-order valence-electron chi connectivity index (χ4n) is 2.74. The number of hydrogen-bond donors (Lipinski definition) is 1. The van der Waals surface area contributed by atoms with E-state index < -0.39 is 0 Å². The molecule has 1 amide bonds. The second-order valence-corrected chi connectivity index (χ2v) is 5.75. The monoisotopic (exact) mass is 305 g/mol. The van der Waals surface area contributed by atoms with E-state index in [9.17, 15) is 4.79 Å². The first-order valence-corrected chi connectivity index (χ1v) is 7.20. The minimum atomic E-state index is -0.216. The molecule has 0 aromatic heterocycles. The first-order chi connectivity index (χ1) is 9.66. The lowest BCUT2D eigenvalue weighted by Gasteiger charge is -2.18. The number of rotatable bonds is 2. The standard InChI is InChI=1S/C16H13Cl2NO/c17-11-7-5-10(6-8-11)15-13(9-19-16(15)20)12-3-1-2-4-14(12)18/h1-8,13,15H,9H2,(H,19,20)/t13-,15-/m0/s1. The van der Waals surface area contributed by atoms with E-state index in [1.807, 2.05) is 48.5 Å². The number of nitrogens with one attached hydrogen (secondary N) is 1. The topological polar surface area (TPSA) is 29.1 Å². The third-order valence-corrected chi connectivity index (χ3v) is 4.31. The van der Waals surface area contributed by atoms with E-state index in [0.717, 1.165) is 11.1 Å². The van der Waals surface area contributed by atoms with Crippen LogP contribution in [0.25, 0.3) is 0 Å². The van der Waals surface area contributed by atoms with Crippen LogP contribution in [0, 0.1) is 0 Å². The number of halogens is 2. The van der Waals surface area contributed by atoms with Gasteiger partial charge in [0.25, 0.3) is 0 Å². The molecule has 1 aliphatic heterocycles. The Balaban J connectivity index is 2.01. The van der Waals surface area contributed by atoms with E-state index >= 15 is 0 Å². The van der Waals surface area contributed by atoms with Crippen molar-refractivity contribution >= 4 is 29.1 Å². The third kappa shape index (κ3) is 2.41. The molecule has 0 radical (unpaired) electrons. The number of amides is 1. The average molecular weight is 306 g/mol. The van der Waals surface area contributed by atoms with Gasteiger partial charge >= 0.3 is 0 Å².